The Labute approximate surface area is 248 Å². The molecule has 4 nitrogen and oxygen atoms in total. The molecular weight excluding hydrogens is 496 g/mol. The molecule has 0 aromatic rings. The Balaban J connectivity index is 3.62. The van der Waals surface area contributed by atoms with Gasteiger partial charge in [-0.2, -0.15) is 0 Å². The van der Waals surface area contributed by atoms with Crippen LogP contribution in [-0.4, -0.2) is 23.1 Å². The molecular formula is C36H66O4. The van der Waals surface area contributed by atoms with E-state index in [1.807, 2.05) is 0 Å². The van der Waals surface area contributed by atoms with Gasteiger partial charge in [-0.15, -0.1) is 0 Å². The molecule has 1 N–H and O–H groups in total. The van der Waals surface area contributed by atoms with Crippen molar-refractivity contribution in [3.63, 3.8) is 0 Å². The Bertz CT molecular complexity index is 610. The summed E-state index contributed by atoms with van der Waals surface area (Å²) in [5.41, 5.74) is 0. The van der Waals surface area contributed by atoms with Crippen LogP contribution in [0.15, 0.2) is 24.3 Å². The Morgan fingerprint density at radius 1 is 0.525 bits per heavy atom. The van der Waals surface area contributed by atoms with Gasteiger partial charge in [0.2, 0.25) is 0 Å². The van der Waals surface area contributed by atoms with Crippen molar-refractivity contribution < 1.29 is 19.4 Å². The number of allylic oxidation sites excluding steroid dienone is 4. The van der Waals surface area contributed by atoms with Crippen LogP contribution in [0.2, 0.25) is 0 Å². The summed E-state index contributed by atoms with van der Waals surface area (Å²) in [5, 5.41) is 9.44. The van der Waals surface area contributed by atoms with E-state index in [0.717, 1.165) is 57.8 Å². The van der Waals surface area contributed by atoms with Crippen LogP contribution in [0.4, 0.5) is 0 Å². The van der Waals surface area contributed by atoms with Crippen molar-refractivity contribution in [3.05, 3.63) is 24.3 Å². The molecule has 0 aromatic carbocycles. The average Bonchev–Trinajstić information content (AvgIpc) is 2.94. The lowest BCUT2D eigenvalue weighted by atomic mass is 10.1. The molecule has 0 saturated heterocycles. The molecule has 1 atom stereocenters. The SMILES string of the molecule is CCCCCCCC/C=C\CCCCCCCC(=O)OC(CCCCCC/C=C\CCCCCCCC)C(=O)O. The molecule has 0 aliphatic heterocycles. The highest BCUT2D eigenvalue weighted by atomic mass is 16.6. The van der Waals surface area contributed by atoms with Crippen LogP contribution in [0.25, 0.3) is 0 Å². The highest BCUT2D eigenvalue weighted by molar-refractivity contribution is 5.77. The van der Waals surface area contributed by atoms with E-state index in [4.69, 9.17) is 4.74 Å². The van der Waals surface area contributed by atoms with Crippen molar-refractivity contribution in [1.82, 2.24) is 0 Å². The summed E-state index contributed by atoms with van der Waals surface area (Å²) in [6.07, 6.45) is 39.2. The van der Waals surface area contributed by atoms with E-state index < -0.39 is 12.1 Å². The topological polar surface area (TPSA) is 63.6 Å². The number of carboxylic acid groups (broad SMARTS) is 1. The van der Waals surface area contributed by atoms with Gasteiger partial charge in [-0.3, -0.25) is 4.79 Å². The maximum Gasteiger partial charge on any atom is 0.345 e. The minimum absolute atomic E-state index is 0.326. The van der Waals surface area contributed by atoms with Crippen LogP contribution >= 0.6 is 0 Å². The van der Waals surface area contributed by atoms with Gasteiger partial charge in [0.25, 0.3) is 0 Å². The first-order valence-corrected chi connectivity index (χ1v) is 17.3. The van der Waals surface area contributed by atoms with Crippen LogP contribution < -0.4 is 0 Å². The van der Waals surface area contributed by atoms with Gasteiger partial charge in [-0.05, 0) is 70.6 Å². The van der Waals surface area contributed by atoms with E-state index >= 15 is 0 Å². The molecule has 0 amide bonds. The van der Waals surface area contributed by atoms with Crippen molar-refractivity contribution in [2.75, 3.05) is 0 Å². The van der Waals surface area contributed by atoms with Gasteiger partial charge in [0.1, 0.15) is 0 Å². The lowest BCUT2D eigenvalue weighted by Crippen LogP contribution is -2.27. The number of hydrogen-bond donors (Lipinski definition) is 1. The second-order valence-electron chi connectivity index (χ2n) is 11.7. The molecule has 234 valence electrons. The number of carboxylic acids is 1. The van der Waals surface area contributed by atoms with Crippen molar-refractivity contribution in [3.8, 4) is 0 Å². The van der Waals surface area contributed by atoms with E-state index in [1.54, 1.807) is 0 Å². The second kappa shape index (κ2) is 31.9. The predicted molar refractivity (Wildman–Crippen MR) is 172 cm³/mol. The standard InChI is InChI=1S/C36H66O4/c1-3-5-7-9-11-13-15-17-19-21-23-25-27-29-31-33-35(37)40-34(36(38)39)32-30-28-26-24-22-20-18-16-14-12-10-8-6-4-2/h17-20,34H,3-16,21-33H2,1-2H3,(H,38,39)/b19-17-,20-18-. The monoisotopic (exact) mass is 562 g/mol. The minimum Gasteiger partial charge on any atom is -0.479 e. The molecule has 0 aliphatic carbocycles. The fourth-order valence-corrected chi connectivity index (χ4v) is 5.01. The Kier molecular flexibility index (Phi) is 30.7. The third kappa shape index (κ3) is 29.4. The molecule has 0 radical (unpaired) electrons. The number of carbonyl (C=O) groups is 2. The molecule has 0 heterocycles. The summed E-state index contributed by atoms with van der Waals surface area (Å²) in [6.45, 7) is 4.51. The fourth-order valence-electron chi connectivity index (χ4n) is 5.01. The summed E-state index contributed by atoms with van der Waals surface area (Å²) in [4.78, 5) is 23.7. The first-order valence-electron chi connectivity index (χ1n) is 17.3. The van der Waals surface area contributed by atoms with Crippen LogP contribution in [0.5, 0.6) is 0 Å². The molecule has 0 saturated carbocycles. The maximum atomic E-state index is 12.1. The van der Waals surface area contributed by atoms with E-state index in [1.165, 1.54) is 103 Å². The summed E-state index contributed by atoms with van der Waals surface area (Å²) in [6, 6.07) is 0. The number of ether oxygens (including phenoxy) is 1. The smallest absolute Gasteiger partial charge is 0.345 e. The lowest BCUT2D eigenvalue weighted by Gasteiger charge is -2.13. The quantitative estimate of drug-likeness (QED) is 0.0518. The molecule has 0 fully saturated rings. The lowest BCUT2D eigenvalue weighted by molar-refractivity contribution is -0.164. The largest absolute Gasteiger partial charge is 0.479 e. The number of aliphatic carboxylic acids is 1. The van der Waals surface area contributed by atoms with E-state index in [2.05, 4.69) is 38.2 Å². The summed E-state index contributed by atoms with van der Waals surface area (Å²) >= 11 is 0. The van der Waals surface area contributed by atoms with Crippen molar-refractivity contribution in [1.29, 1.82) is 0 Å². The molecule has 40 heavy (non-hydrogen) atoms. The van der Waals surface area contributed by atoms with Gasteiger partial charge in [0.05, 0.1) is 0 Å². The molecule has 0 rings (SSSR count). The van der Waals surface area contributed by atoms with Crippen LogP contribution in [-0.2, 0) is 14.3 Å². The third-order valence-electron chi connectivity index (χ3n) is 7.67. The Morgan fingerprint density at radius 3 is 1.27 bits per heavy atom. The molecule has 0 spiro atoms. The van der Waals surface area contributed by atoms with Gasteiger partial charge >= 0.3 is 11.9 Å². The zero-order valence-electron chi connectivity index (χ0n) is 26.7. The van der Waals surface area contributed by atoms with Crippen LogP contribution in [0.3, 0.4) is 0 Å². The van der Waals surface area contributed by atoms with Gasteiger partial charge in [0, 0.05) is 6.42 Å². The van der Waals surface area contributed by atoms with Gasteiger partial charge in [0.15, 0.2) is 6.10 Å². The third-order valence-corrected chi connectivity index (χ3v) is 7.67. The van der Waals surface area contributed by atoms with Crippen LogP contribution in [0, 0.1) is 0 Å². The number of esters is 1. The van der Waals surface area contributed by atoms with Crippen LogP contribution in [0.1, 0.15) is 187 Å². The normalized spacial score (nSPS) is 12.4. The molecule has 0 aliphatic rings. The maximum absolute atomic E-state index is 12.1. The number of unbranched alkanes of at least 4 members (excludes halogenated alkanes) is 21. The molecule has 4 heteroatoms. The Hall–Kier alpha value is -1.58. The van der Waals surface area contributed by atoms with Crippen molar-refractivity contribution in [2.45, 2.75) is 193 Å². The summed E-state index contributed by atoms with van der Waals surface area (Å²) in [5.74, 6) is -1.38. The van der Waals surface area contributed by atoms with Crippen molar-refractivity contribution >= 4 is 11.9 Å². The predicted octanol–water partition coefficient (Wildman–Crippen LogP) is 11.7. The zero-order valence-corrected chi connectivity index (χ0v) is 26.7. The molecule has 0 aromatic heterocycles. The molecule has 0 bridgehead atoms. The first kappa shape index (κ1) is 38.4. The minimum atomic E-state index is -1.02. The highest BCUT2D eigenvalue weighted by Gasteiger charge is 2.21. The van der Waals surface area contributed by atoms with Crippen molar-refractivity contribution in [2.24, 2.45) is 0 Å². The molecule has 1 unspecified atom stereocenters. The van der Waals surface area contributed by atoms with E-state index in [0.29, 0.717) is 12.8 Å². The first-order chi connectivity index (χ1) is 19.6. The number of rotatable bonds is 31. The van der Waals surface area contributed by atoms with E-state index in [9.17, 15) is 14.7 Å². The fraction of sp³-hybridized carbons (Fsp3) is 0.833. The number of carbonyl (C=O) groups excluding carboxylic acids is 1. The summed E-state index contributed by atoms with van der Waals surface area (Å²) in [7, 11) is 0. The van der Waals surface area contributed by atoms with Gasteiger partial charge < -0.3 is 9.84 Å². The zero-order chi connectivity index (χ0) is 29.4. The highest BCUT2D eigenvalue weighted by Crippen LogP contribution is 2.14. The summed E-state index contributed by atoms with van der Waals surface area (Å²) < 4.78 is 5.29. The second-order valence-corrected chi connectivity index (χ2v) is 11.7. The number of hydrogen-bond acceptors (Lipinski definition) is 3. The Morgan fingerprint density at radius 2 is 0.875 bits per heavy atom. The van der Waals surface area contributed by atoms with Gasteiger partial charge in [-0.1, -0.05) is 134 Å². The average molecular weight is 563 g/mol. The van der Waals surface area contributed by atoms with E-state index in [-0.39, 0.29) is 5.97 Å². The van der Waals surface area contributed by atoms with Gasteiger partial charge in [-0.25, -0.2) is 4.79 Å².